The number of nitro benzene ring substituents is 1. The molecule has 0 unspecified atom stereocenters. The van der Waals surface area contributed by atoms with Gasteiger partial charge in [-0.1, -0.05) is 6.07 Å². The summed E-state index contributed by atoms with van der Waals surface area (Å²) in [6.45, 7) is 1.91. The Kier molecular flexibility index (Phi) is 2.23. The lowest BCUT2D eigenvalue weighted by atomic mass is 9.94. The maximum Gasteiger partial charge on any atom is 0.279 e. The van der Waals surface area contributed by atoms with Crippen molar-refractivity contribution in [2.24, 2.45) is 0 Å². The molecule has 0 saturated heterocycles. The summed E-state index contributed by atoms with van der Waals surface area (Å²) in [7, 11) is 0. The number of aryl methyl sites for hydroxylation is 2. The van der Waals surface area contributed by atoms with Crippen LogP contribution < -0.4 is 0 Å². The van der Waals surface area contributed by atoms with E-state index in [0.717, 1.165) is 22.3 Å². The zero-order valence-electron chi connectivity index (χ0n) is 9.95. The van der Waals surface area contributed by atoms with Crippen LogP contribution >= 0.6 is 0 Å². The molecule has 0 aliphatic heterocycles. The van der Waals surface area contributed by atoms with Crippen molar-refractivity contribution in [1.82, 2.24) is 4.98 Å². The first-order valence-electron chi connectivity index (χ1n) is 5.87. The number of nitro groups is 1. The monoisotopic (exact) mass is 244 g/mol. The third-order valence-electron chi connectivity index (χ3n) is 3.56. The molecule has 0 amide bonds. The van der Waals surface area contributed by atoms with Crippen LogP contribution in [0.15, 0.2) is 12.1 Å². The van der Waals surface area contributed by atoms with Crippen LogP contribution in [0.3, 0.4) is 0 Å². The molecule has 18 heavy (non-hydrogen) atoms. The Morgan fingerprint density at radius 3 is 2.83 bits per heavy atom. The predicted molar refractivity (Wildman–Crippen MR) is 66.7 cm³/mol. The van der Waals surface area contributed by atoms with Gasteiger partial charge in [0.2, 0.25) is 0 Å². The van der Waals surface area contributed by atoms with Crippen molar-refractivity contribution in [1.29, 1.82) is 0 Å². The standard InChI is InChI=1S/C13H12N2O3/c1-7-2-5-11(15(17)18)12-9-4-3-8(16)6-10(9)14-13(7)12/h2,5,14H,3-4,6H2,1H3. The van der Waals surface area contributed by atoms with E-state index in [1.54, 1.807) is 12.1 Å². The summed E-state index contributed by atoms with van der Waals surface area (Å²) in [5.41, 5.74) is 3.68. The summed E-state index contributed by atoms with van der Waals surface area (Å²) in [5.74, 6) is 0.189. The molecule has 1 aromatic carbocycles. The average Bonchev–Trinajstić information content (AvgIpc) is 2.68. The van der Waals surface area contributed by atoms with Gasteiger partial charge in [-0.25, -0.2) is 0 Å². The van der Waals surface area contributed by atoms with Crippen LogP contribution in [-0.4, -0.2) is 15.7 Å². The van der Waals surface area contributed by atoms with Gasteiger partial charge in [-0.15, -0.1) is 0 Å². The van der Waals surface area contributed by atoms with Gasteiger partial charge in [0.1, 0.15) is 5.78 Å². The molecule has 1 heterocycles. The molecule has 3 rings (SSSR count). The summed E-state index contributed by atoms with van der Waals surface area (Å²) in [6, 6.07) is 3.28. The molecule has 2 aromatic rings. The van der Waals surface area contributed by atoms with E-state index < -0.39 is 0 Å². The maximum atomic E-state index is 11.5. The largest absolute Gasteiger partial charge is 0.357 e. The number of carbonyl (C=O) groups excluding carboxylic acids is 1. The molecule has 1 N–H and O–H groups in total. The SMILES string of the molecule is Cc1ccc([N+](=O)[O-])c2c3c([nH]c12)CC(=O)CC3. The van der Waals surface area contributed by atoms with Crippen LogP contribution in [0.4, 0.5) is 5.69 Å². The smallest absolute Gasteiger partial charge is 0.279 e. The molecule has 5 nitrogen and oxygen atoms in total. The molecule has 5 heteroatoms. The molecule has 1 aliphatic rings. The summed E-state index contributed by atoms with van der Waals surface area (Å²) >= 11 is 0. The van der Waals surface area contributed by atoms with Gasteiger partial charge < -0.3 is 4.98 Å². The summed E-state index contributed by atoms with van der Waals surface area (Å²) in [6.07, 6.45) is 1.43. The number of nitrogens with zero attached hydrogens (tertiary/aromatic N) is 1. The van der Waals surface area contributed by atoms with Crippen molar-refractivity contribution >= 4 is 22.4 Å². The number of benzene rings is 1. The van der Waals surface area contributed by atoms with E-state index in [4.69, 9.17) is 0 Å². The molecule has 0 atom stereocenters. The lowest BCUT2D eigenvalue weighted by Gasteiger charge is -2.09. The highest BCUT2D eigenvalue weighted by Gasteiger charge is 2.26. The number of nitrogens with one attached hydrogen (secondary N) is 1. The first-order valence-corrected chi connectivity index (χ1v) is 5.87. The summed E-state index contributed by atoms with van der Waals surface area (Å²) in [4.78, 5) is 25.4. The molecule has 1 aromatic heterocycles. The molecule has 0 spiro atoms. The molecular formula is C13H12N2O3. The number of hydrogen-bond donors (Lipinski definition) is 1. The van der Waals surface area contributed by atoms with E-state index in [1.807, 2.05) is 6.92 Å². The molecule has 0 radical (unpaired) electrons. The minimum Gasteiger partial charge on any atom is -0.357 e. The Morgan fingerprint density at radius 1 is 1.33 bits per heavy atom. The minimum atomic E-state index is -0.355. The predicted octanol–water partition coefficient (Wildman–Crippen LogP) is 2.44. The molecule has 0 fully saturated rings. The van der Waals surface area contributed by atoms with E-state index >= 15 is 0 Å². The number of Topliss-reactive ketones (excluding diaryl/α,β-unsaturated/α-hetero) is 1. The van der Waals surface area contributed by atoms with Gasteiger partial charge in [0, 0.05) is 24.6 Å². The second-order valence-corrected chi connectivity index (χ2v) is 4.71. The van der Waals surface area contributed by atoms with Gasteiger partial charge in [0.15, 0.2) is 0 Å². The van der Waals surface area contributed by atoms with Crippen LogP contribution in [0.2, 0.25) is 0 Å². The van der Waals surface area contributed by atoms with E-state index in [-0.39, 0.29) is 16.4 Å². The summed E-state index contributed by atoms with van der Waals surface area (Å²) in [5, 5.41) is 11.8. The fourth-order valence-electron chi connectivity index (χ4n) is 2.67. The number of hydrogen-bond acceptors (Lipinski definition) is 3. The molecule has 0 bridgehead atoms. The van der Waals surface area contributed by atoms with Crippen molar-refractivity contribution < 1.29 is 9.72 Å². The van der Waals surface area contributed by atoms with Gasteiger partial charge in [0.05, 0.1) is 15.8 Å². The molecule has 1 aliphatic carbocycles. The fraction of sp³-hybridized carbons (Fsp3) is 0.308. The Labute approximate surface area is 103 Å². The Morgan fingerprint density at radius 2 is 2.11 bits per heavy atom. The highest BCUT2D eigenvalue weighted by Crippen LogP contribution is 2.35. The maximum absolute atomic E-state index is 11.5. The lowest BCUT2D eigenvalue weighted by Crippen LogP contribution is -2.12. The van der Waals surface area contributed by atoms with Crippen molar-refractivity contribution in [2.75, 3.05) is 0 Å². The number of carbonyl (C=O) groups is 1. The van der Waals surface area contributed by atoms with E-state index in [0.29, 0.717) is 24.6 Å². The van der Waals surface area contributed by atoms with Crippen molar-refractivity contribution in [3.05, 3.63) is 39.1 Å². The van der Waals surface area contributed by atoms with Crippen LogP contribution in [0.25, 0.3) is 10.9 Å². The zero-order valence-corrected chi connectivity index (χ0v) is 9.95. The van der Waals surface area contributed by atoms with Gasteiger partial charge in [-0.05, 0) is 24.5 Å². The summed E-state index contributed by atoms with van der Waals surface area (Å²) < 4.78 is 0. The van der Waals surface area contributed by atoms with Gasteiger partial charge in [0.25, 0.3) is 5.69 Å². The molecule has 0 saturated carbocycles. The molecular weight excluding hydrogens is 232 g/mol. The number of rotatable bonds is 1. The van der Waals surface area contributed by atoms with Crippen molar-refractivity contribution in [3.63, 3.8) is 0 Å². The number of ketones is 1. The number of non-ortho nitro benzene ring substituents is 1. The van der Waals surface area contributed by atoms with Gasteiger partial charge in [-0.3, -0.25) is 14.9 Å². The lowest BCUT2D eigenvalue weighted by molar-refractivity contribution is -0.383. The highest BCUT2D eigenvalue weighted by molar-refractivity contribution is 5.97. The second kappa shape index (κ2) is 3.66. The minimum absolute atomic E-state index is 0.127. The van der Waals surface area contributed by atoms with E-state index in [1.165, 1.54) is 0 Å². The van der Waals surface area contributed by atoms with Crippen LogP contribution in [-0.2, 0) is 17.6 Å². The van der Waals surface area contributed by atoms with Crippen LogP contribution in [0, 0.1) is 17.0 Å². The van der Waals surface area contributed by atoms with Gasteiger partial charge >= 0.3 is 0 Å². The number of H-pyrrole nitrogens is 1. The number of aromatic amines is 1. The van der Waals surface area contributed by atoms with Crippen molar-refractivity contribution in [3.8, 4) is 0 Å². The molecule has 92 valence electrons. The van der Waals surface area contributed by atoms with Gasteiger partial charge in [-0.2, -0.15) is 0 Å². The van der Waals surface area contributed by atoms with Crippen LogP contribution in [0.1, 0.15) is 23.2 Å². The Balaban J connectivity index is 2.38. The fourth-order valence-corrected chi connectivity index (χ4v) is 2.67. The van der Waals surface area contributed by atoms with E-state index in [2.05, 4.69) is 4.98 Å². The first-order chi connectivity index (χ1) is 8.58. The number of fused-ring (bicyclic) bond motifs is 3. The highest BCUT2D eigenvalue weighted by atomic mass is 16.6. The van der Waals surface area contributed by atoms with Crippen molar-refractivity contribution in [2.45, 2.75) is 26.2 Å². The average molecular weight is 244 g/mol. The van der Waals surface area contributed by atoms with E-state index in [9.17, 15) is 14.9 Å². The number of aromatic nitrogens is 1. The first kappa shape index (κ1) is 11.0. The van der Waals surface area contributed by atoms with Crippen LogP contribution in [0.5, 0.6) is 0 Å². The normalized spacial score (nSPS) is 14.8. The quantitative estimate of drug-likeness (QED) is 0.618. The topological polar surface area (TPSA) is 76.0 Å². The zero-order chi connectivity index (χ0) is 12.9. The Bertz CT molecular complexity index is 685. The second-order valence-electron chi connectivity index (χ2n) is 4.71. The Hall–Kier alpha value is -2.17. The third-order valence-corrected chi connectivity index (χ3v) is 3.56. The third kappa shape index (κ3) is 1.44.